The van der Waals surface area contributed by atoms with Crippen LogP contribution >= 0.6 is 11.6 Å². The molecule has 1 amide bonds. The summed E-state index contributed by atoms with van der Waals surface area (Å²) in [5.41, 5.74) is 2.98. The van der Waals surface area contributed by atoms with Crippen molar-refractivity contribution in [3.05, 3.63) is 76.8 Å². The summed E-state index contributed by atoms with van der Waals surface area (Å²) in [6.07, 6.45) is 4.38. The molecule has 0 aromatic heterocycles. The quantitative estimate of drug-likeness (QED) is 0.489. The van der Waals surface area contributed by atoms with Crippen molar-refractivity contribution in [1.82, 2.24) is 0 Å². The van der Waals surface area contributed by atoms with Crippen LogP contribution in [-0.2, 0) is 17.6 Å². The van der Waals surface area contributed by atoms with E-state index in [0.717, 1.165) is 25.0 Å². The zero-order valence-electron chi connectivity index (χ0n) is 17.3. The molecular formula is C25H24ClNO4. The van der Waals surface area contributed by atoms with E-state index in [1.165, 1.54) is 17.5 Å². The fraction of sp³-hybridized carbons (Fsp3) is 0.240. The number of hydrogen-bond donors (Lipinski definition) is 1. The fourth-order valence-electron chi connectivity index (χ4n) is 3.72. The van der Waals surface area contributed by atoms with Gasteiger partial charge in [-0.3, -0.25) is 4.79 Å². The van der Waals surface area contributed by atoms with Crippen LogP contribution in [0.3, 0.4) is 0 Å². The van der Waals surface area contributed by atoms with Crippen LogP contribution < -0.4 is 19.5 Å². The molecule has 1 aliphatic rings. The topological polar surface area (TPSA) is 56.8 Å². The van der Waals surface area contributed by atoms with Gasteiger partial charge in [0.2, 0.25) is 0 Å². The molecule has 0 unspecified atom stereocenters. The van der Waals surface area contributed by atoms with Crippen molar-refractivity contribution in [2.24, 2.45) is 0 Å². The van der Waals surface area contributed by atoms with Gasteiger partial charge in [0.25, 0.3) is 5.91 Å². The molecule has 6 heteroatoms. The molecule has 1 aliphatic carbocycles. The lowest BCUT2D eigenvalue weighted by Gasteiger charge is -2.19. The maximum Gasteiger partial charge on any atom is 0.262 e. The molecular weight excluding hydrogens is 414 g/mol. The average molecular weight is 438 g/mol. The summed E-state index contributed by atoms with van der Waals surface area (Å²) in [5.74, 6) is 2.07. The number of methoxy groups -OCH3 is 1. The van der Waals surface area contributed by atoms with Crippen LogP contribution in [0.2, 0.25) is 5.02 Å². The lowest BCUT2D eigenvalue weighted by atomic mass is 9.91. The number of ether oxygens (including phenoxy) is 3. The first-order valence-electron chi connectivity index (χ1n) is 10.3. The van der Waals surface area contributed by atoms with Crippen molar-refractivity contribution in [2.45, 2.75) is 25.7 Å². The first-order valence-corrected chi connectivity index (χ1v) is 10.7. The highest BCUT2D eigenvalue weighted by Crippen LogP contribution is 2.36. The van der Waals surface area contributed by atoms with Crippen LogP contribution in [0.5, 0.6) is 23.0 Å². The number of aryl methyl sites for hydroxylation is 1. The van der Waals surface area contributed by atoms with E-state index in [1.54, 1.807) is 37.4 Å². The predicted molar refractivity (Wildman–Crippen MR) is 122 cm³/mol. The van der Waals surface area contributed by atoms with Crippen LogP contribution in [0.1, 0.15) is 24.0 Å². The molecule has 31 heavy (non-hydrogen) atoms. The zero-order valence-corrected chi connectivity index (χ0v) is 18.1. The lowest BCUT2D eigenvalue weighted by Crippen LogP contribution is -2.21. The number of benzene rings is 3. The normalized spacial score (nSPS) is 12.6. The fourth-order valence-corrected chi connectivity index (χ4v) is 3.89. The molecule has 0 bridgehead atoms. The van der Waals surface area contributed by atoms with Crippen LogP contribution in [-0.4, -0.2) is 19.6 Å². The van der Waals surface area contributed by atoms with Crippen molar-refractivity contribution in [3.63, 3.8) is 0 Å². The van der Waals surface area contributed by atoms with E-state index in [-0.39, 0.29) is 12.5 Å². The number of hydrogen-bond acceptors (Lipinski definition) is 4. The Bertz CT molecular complexity index is 1080. The first-order chi connectivity index (χ1) is 15.1. The lowest BCUT2D eigenvalue weighted by molar-refractivity contribution is -0.118. The standard InChI is InChI=1S/C25H24ClNO4/c1-29-23-10-4-5-11-24(23)31-22-14-13-18(26)15-20(22)27-25(28)16-30-21-12-6-8-17-7-2-3-9-19(17)21/h4-6,8,10-15H,2-3,7,9,16H2,1H3,(H,27,28). The van der Waals surface area contributed by atoms with Crippen LogP contribution in [0.15, 0.2) is 60.7 Å². The summed E-state index contributed by atoms with van der Waals surface area (Å²) in [6, 6.07) is 18.4. The SMILES string of the molecule is COc1ccccc1Oc1ccc(Cl)cc1NC(=O)COc1cccc2c1CCCC2. The summed E-state index contributed by atoms with van der Waals surface area (Å²) >= 11 is 6.15. The minimum atomic E-state index is -0.291. The molecule has 3 aromatic rings. The van der Waals surface area contributed by atoms with E-state index >= 15 is 0 Å². The molecule has 0 fully saturated rings. The second kappa shape index (κ2) is 9.75. The van der Waals surface area contributed by atoms with E-state index in [9.17, 15) is 4.79 Å². The molecule has 160 valence electrons. The number of fused-ring (bicyclic) bond motifs is 1. The number of nitrogens with one attached hydrogen (secondary N) is 1. The Labute approximate surface area is 186 Å². The molecule has 0 atom stereocenters. The third kappa shape index (κ3) is 5.12. The molecule has 0 saturated carbocycles. The molecule has 0 saturated heterocycles. The molecule has 0 heterocycles. The second-order valence-corrected chi connectivity index (χ2v) is 7.77. The van der Waals surface area contributed by atoms with Gasteiger partial charge in [-0.05, 0) is 73.2 Å². The number of carbonyl (C=O) groups excluding carboxylic acids is 1. The van der Waals surface area contributed by atoms with Crippen molar-refractivity contribution in [2.75, 3.05) is 19.0 Å². The number of para-hydroxylation sites is 2. The smallest absolute Gasteiger partial charge is 0.262 e. The molecule has 3 aromatic carbocycles. The third-order valence-electron chi connectivity index (χ3n) is 5.22. The van der Waals surface area contributed by atoms with Gasteiger partial charge in [-0.2, -0.15) is 0 Å². The van der Waals surface area contributed by atoms with Gasteiger partial charge < -0.3 is 19.5 Å². The Morgan fingerprint density at radius 3 is 2.55 bits per heavy atom. The third-order valence-corrected chi connectivity index (χ3v) is 5.45. The van der Waals surface area contributed by atoms with Crippen molar-refractivity contribution in [3.8, 4) is 23.0 Å². The maximum absolute atomic E-state index is 12.6. The molecule has 0 spiro atoms. The van der Waals surface area contributed by atoms with Crippen molar-refractivity contribution in [1.29, 1.82) is 0 Å². The van der Waals surface area contributed by atoms with Crippen molar-refractivity contribution >= 4 is 23.2 Å². The highest BCUT2D eigenvalue weighted by Gasteiger charge is 2.16. The summed E-state index contributed by atoms with van der Waals surface area (Å²) < 4.78 is 17.2. The predicted octanol–water partition coefficient (Wildman–Crippen LogP) is 6.04. The van der Waals surface area contributed by atoms with Crippen LogP contribution in [0.4, 0.5) is 5.69 Å². The van der Waals surface area contributed by atoms with Gasteiger partial charge in [0, 0.05) is 5.02 Å². The summed E-state index contributed by atoms with van der Waals surface area (Å²) in [7, 11) is 1.58. The van der Waals surface area contributed by atoms with Crippen molar-refractivity contribution < 1.29 is 19.0 Å². The van der Waals surface area contributed by atoms with Gasteiger partial charge in [-0.15, -0.1) is 0 Å². The first kappa shape index (κ1) is 21.1. The number of rotatable bonds is 7. The molecule has 1 N–H and O–H groups in total. The summed E-state index contributed by atoms with van der Waals surface area (Å²) in [4.78, 5) is 12.6. The number of halogens is 1. The Morgan fingerprint density at radius 1 is 0.935 bits per heavy atom. The van der Waals surface area contributed by atoms with Gasteiger partial charge in [0.05, 0.1) is 12.8 Å². The zero-order chi connectivity index (χ0) is 21.6. The Kier molecular flexibility index (Phi) is 6.63. The average Bonchev–Trinajstić information content (AvgIpc) is 2.79. The van der Waals surface area contributed by atoms with Gasteiger partial charge in [0.1, 0.15) is 5.75 Å². The summed E-state index contributed by atoms with van der Waals surface area (Å²) in [5, 5.41) is 3.33. The molecule has 0 aliphatic heterocycles. The van der Waals surface area contributed by atoms with Gasteiger partial charge in [-0.1, -0.05) is 35.9 Å². The maximum atomic E-state index is 12.6. The van der Waals surface area contributed by atoms with Crippen LogP contribution in [0, 0.1) is 0 Å². The molecule has 0 radical (unpaired) electrons. The largest absolute Gasteiger partial charge is 0.493 e. The Morgan fingerprint density at radius 2 is 1.71 bits per heavy atom. The minimum absolute atomic E-state index is 0.100. The van der Waals surface area contributed by atoms with E-state index in [2.05, 4.69) is 11.4 Å². The molecule has 4 rings (SSSR count). The van der Waals surface area contributed by atoms with Gasteiger partial charge >= 0.3 is 0 Å². The number of anilines is 1. The minimum Gasteiger partial charge on any atom is -0.493 e. The van der Waals surface area contributed by atoms with Crippen LogP contribution in [0.25, 0.3) is 0 Å². The van der Waals surface area contributed by atoms with E-state index in [1.807, 2.05) is 24.3 Å². The number of carbonyl (C=O) groups is 1. The van der Waals surface area contributed by atoms with E-state index in [4.69, 9.17) is 25.8 Å². The highest BCUT2D eigenvalue weighted by atomic mass is 35.5. The summed E-state index contributed by atoms with van der Waals surface area (Å²) in [6.45, 7) is -0.100. The van der Waals surface area contributed by atoms with E-state index in [0.29, 0.717) is 28.0 Å². The molecule has 5 nitrogen and oxygen atoms in total. The van der Waals surface area contributed by atoms with E-state index < -0.39 is 0 Å². The number of amides is 1. The Hall–Kier alpha value is -3.18. The van der Waals surface area contributed by atoms with Gasteiger partial charge in [0.15, 0.2) is 23.9 Å². The monoisotopic (exact) mass is 437 g/mol. The highest BCUT2D eigenvalue weighted by molar-refractivity contribution is 6.31. The Balaban J connectivity index is 1.47. The second-order valence-electron chi connectivity index (χ2n) is 7.33. The van der Waals surface area contributed by atoms with Gasteiger partial charge in [-0.25, -0.2) is 0 Å².